The summed E-state index contributed by atoms with van der Waals surface area (Å²) in [6.45, 7) is 3.28. The normalized spacial score (nSPS) is 14.2. The molecule has 1 aromatic rings. The van der Waals surface area contributed by atoms with Crippen LogP contribution in [0.3, 0.4) is 0 Å². The van der Waals surface area contributed by atoms with Crippen LogP contribution in [0.5, 0.6) is 0 Å². The number of nitrogens with one attached hydrogen (secondary N) is 1. The van der Waals surface area contributed by atoms with E-state index in [1.54, 1.807) is 6.92 Å². The number of carbonyl (C=O) groups is 1. The van der Waals surface area contributed by atoms with Crippen molar-refractivity contribution < 1.29 is 13.6 Å². The van der Waals surface area contributed by atoms with Crippen LogP contribution in [0.15, 0.2) is 18.2 Å². The molecule has 0 saturated heterocycles. The largest absolute Gasteiger partial charge is 0.348 e. The summed E-state index contributed by atoms with van der Waals surface area (Å²) in [5, 5.41) is 2.48. The van der Waals surface area contributed by atoms with Crippen LogP contribution in [-0.4, -0.2) is 11.9 Å². The van der Waals surface area contributed by atoms with Crippen molar-refractivity contribution in [3.8, 4) is 0 Å². The molecule has 94 valence electrons. The van der Waals surface area contributed by atoms with Crippen molar-refractivity contribution in [2.45, 2.75) is 32.4 Å². The second-order valence-electron chi connectivity index (χ2n) is 3.88. The first-order valence-electron chi connectivity index (χ1n) is 5.47. The van der Waals surface area contributed by atoms with Gasteiger partial charge in [0.15, 0.2) is 0 Å². The fourth-order valence-corrected chi connectivity index (χ4v) is 1.50. The van der Waals surface area contributed by atoms with E-state index in [1.165, 1.54) is 13.0 Å². The maximum atomic E-state index is 13.4. The molecule has 0 heterocycles. The summed E-state index contributed by atoms with van der Waals surface area (Å²) in [6.07, 6.45) is 0.471. The van der Waals surface area contributed by atoms with Crippen molar-refractivity contribution in [3.63, 3.8) is 0 Å². The number of hydrogen-bond donors (Lipinski definition) is 2. The Kier molecular flexibility index (Phi) is 4.57. The van der Waals surface area contributed by atoms with Crippen molar-refractivity contribution in [2.75, 3.05) is 0 Å². The lowest BCUT2D eigenvalue weighted by molar-refractivity contribution is -0.123. The van der Waals surface area contributed by atoms with Gasteiger partial charge in [-0.15, -0.1) is 0 Å². The van der Waals surface area contributed by atoms with E-state index in [9.17, 15) is 13.6 Å². The van der Waals surface area contributed by atoms with Crippen LogP contribution >= 0.6 is 0 Å². The number of halogens is 2. The first kappa shape index (κ1) is 13.6. The van der Waals surface area contributed by atoms with Crippen LogP contribution in [0.2, 0.25) is 0 Å². The number of nitrogens with two attached hydrogens (primary N) is 1. The third-order valence-electron chi connectivity index (χ3n) is 2.57. The van der Waals surface area contributed by atoms with Gasteiger partial charge in [0.2, 0.25) is 5.91 Å². The second kappa shape index (κ2) is 5.72. The first-order valence-corrected chi connectivity index (χ1v) is 5.47. The SMILES string of the molecule is CC[C@H](N)C(=O)NC(C)c1c(F)cccc1F. The van der Waals surface area contributed by atoms with Gasteiger partial charge in [0.1, 0.15) is 11.6 Å². The summed E-state index contributed by atoms with van der Waals surface area (Å²) in [4.78, 5) is 11.5. The summed E-state index contributed by atoms with van der Waals surface area (Å²) in [5.74, 6) is -1.77. The van der Waals surface area contributed by atoms with Crippen LogP contribution in [0, 0.1) is 11.6 Å². The highest BCUT2D eigenvalue weighted by atomic mass is 19.1. The van der Waals surface area contributed by atoms with Gasteiger partial charge in [0.05, 0.1) is 12.1 Å². The minimum atomic E-state index is -0.749. The van der Waals surface area contributed by atoms with Crippen LogP contribution in [0.1, 0.15) is 31.9 Å². The molecule has 1 rings (SSSR count). The topological polar surface area (TPSA) is 55.1 Å². The number of carbonyl (C=O) groups excluding carboxylic acids is 1. The molecule has 1 aromatic carbocycles. The van der Waals surface area contributed by atoms with Crippen molar-refractivity contribution in [2.24, 2.45) is 5.73 Å². The fourth-order valence-electron chi connectivity index (χ4n) is 1.50. The van der Waals surface area contributed by atoms with E-state index in [4.69, 9.17) is 5.73 Å². The Morgan fingerprint density at radius 3 is 2.41 bits per heavy atom. The number of benzene rings is 1. The average molecular weight is 242 g/mol. The molecule has 3 nitrogen and oxygen atoms in total. The molecule has 3 N–H and O–H groups in total. The highest BCUT2D eigenvalue weighted by molar-refractivity contribution is 5.81. The minimum Gasteiger partial charge on any atom is -0.348 e. The Morgan fingerprint density at radius 2 is 1.94 bits per heavy atom. The van der Waals surface area contributed by atoms with Gasteiger partial charge in [-0.2, -0.15) is 0 Å². The van der Waals surface area contributed by atoms with Crippen LogP contribution < -0.4 is 11.1 Å². The van der Waals surface area contributed by atoms with Gasteiger partial charge < -0.3 is 11.1 Å². The molecular formula is C12H16F2N2O. The molecule has 5 heteroatoms. The molecule has 0 radical (unpaired) electrons. The minimum absolute atomic E-state index is 0.149. The average Bonchev–Trinajstić information content (AvgIpc) is 2.27. The van der Waals surface area contributed by atoms with Gasteiger partial charge in [-0.3, -0.25) is 4.79 Å². The van der Waals surface area contributed by atoms with Crippen LogP contribution in [0.25, 0.3) is 0 Å². The molecule has 2 atom stereocenters. The Balaban J connectivity index is 2.83. The molecule has 0 aliphatic rings. The van der Waals surface area contributed by atoms with E-state index in [-0.39, 0.29) is 5.56 Å². The zero-order valence-electron chi connectivity index (χ0n) is 9.84. The molecule has 17 heavy (non-hydrogen) atoms. The van der Waals surface area contributed by atoms with Crippen molar-refractivity contribution in [3.05, 3.63) is 35.4 Å². The monoisotopic (exact) mass is 242 g/mol. The molecule has 0 aromatic heterocycles. The summed E-state index contributed by atoms with van der Waals surface area (Å²) >= 11 is 0. The lowest BCUT2D eigenvalue weighted by Crippen LogP contribution is -2.41. The maximum absolute atomic E-state index is 13.4. The molecule has 0 bridgehead atoms. The third-order valence-corrected chi connectivity index (χ3v) is 2.57. The molecule has 0 spiro atoms. The smallest absolute Gasteiger partial charge is 0.237 e. The van der Waals surface area contributed by atoms with Gasteiger partial charge >= 0.3 is 0 Å². The third kappa shape index (κ3) is 3.23. The van der Waals surface area contributed by atoms with Gasteiger partial charge in [-0.1, -0.05) is 13.0 Å². The predicted octanol–water partition coefficient (Wildman–Crippen LogP) is 1.88. The van der Waals surface area contributed by atoms with Gasteiger partial charge in [-0.25, -0.2) is 8.78 Å². The van der Waals surface area contributed by atoms with Crippen LogP contribution in [0.4, 0.5) is 8.78 Å². The molecule has 0 fully saturated rings. The first-order chi connectivity index (χ1) is 7.97. The zero-order valence-corrected chi connectivity index (χ0v) is 9.84. The Hall–Kier alpha value is -1.49. The summed E-state index contributed by atoms with van der Waals surface area (Å²) in [6, 6.07) is 2.18. The Bertz CT molecular complexity index is 389. The number of amides is 1. The maximum Gasteiger partial charge on any atom is 0.237 e. The highest BCUT2D eigenvalue weighted by Gasteiger charge is 2.20. The highest BCUT2D eigenvalue weighted by Crippen LogP contribution is 2.20. The Labute approximate surface area is 99.0 Å². The molecule has 0 aliphatic carbocycles. The summed E-state index contributed by atoms with van der Waals surface area (Å²) in [5.41, 5.74) is 5.37. The quantitative estimate of drug-likeness (QED) is 0.847. The second-order valence-corrected chi connectivity index (χ2v) is 3.88. The molecular weight excluding hydrogens is 226 g/mol. The van der Waals surface area contributed by atoms with Crippen molar-refractivity contribution in [1.82, 2.24) is 5.32 Å². The van der Waals surface area contributed by atoms with E-state index in [0.29, 0.717) is 6.42 Å². The lowest BCUT2D eigenvalue weighted by Gasteiger charge is -2.18. The van der Waals surface area contributed by atoms with E-state index in [1.807, 2.05) is 0 Å². The lowest BCUT2D eigenvalue weighted by atomic mass is 10.1. The predicted molar refractivity (Wildman–Crippen MR) is 61.2 cm³/mol. The van der Waals surface area contributed by atoms with Crippen molar-refractivity contribution >= 4 is 5.91 Å². The summed E-state index contributed by atoms with van der Waals surface area (Å²) in [7, 11) is 0. The van der Waals surface area contributed by atoms with E-state index in [2.05, 4.69) is 5.32 Å². The summed E-state index contributed by atoms with van der Waals surface area (Å²) < 4.78 is 26.8. The van der Waals surface area contributed by atoms with E-state index >= 15 is 0 Å². The van der Waals surface area contributed by atoms with Gasteiger partial charge in [-0.05, 0) is 25.5 Å². The van der Waals surface area contributed by atoms with Crippen LogP contribution in [-0.2, 0) is 4.79 Å². The number of rotatable bonds is 4. The molecule has 0 saturated carbocycles. The molecule has 1 unspecified atom stereocenters. The fraction of sp³-hybridized carbons (Fsp3) is 0.417. The Morgan fingerprint density at radius 1 is 1.41 bits per heavy atom. The van der Waals surface area contributed by atoms with Gasteiger partial charge in [0.25, 0.3) is 0 Å². The van der Waals surface area contributed by atoms with E-state index in [0.717, 1.165) is 12.1 Å². The van der Waals surface area contributed by atoms with Crippen molar-refractivity contribution in [1.29, 1.82) is 0 Å². The zero-order chi connectivity index (χ0) is 13.0. The standard InChI is InChI=1S/C12H16F2N2O/c1-3-10(15)12(17)16-7(2)11-8(13)5-4-6-9(11)14/h4-7,10H,3,15H2,1-2H3,(H,16,17)/t7?,10-/m0/s1. The molecule has 1 amide bonds. The number of hydrogen-bond acceptors (Lipinski definition) is 2. The van der Waals surface area contributed by atoms with E-state index < -0.39 is 29.6 Å². The van der Waals surface area contributed by atoms with Gasteiger partial charge in [0, 0.05) is 5.56 Å². The molecule has 0 aliphatic heterocycles.